The second kappa shape index (κ2) is 7.05. The molecule has 5 unspecified atom stereocenters. The highest BCUT2D eigenvalue weighted by Crippen LogP contribution is 2.60. The molecule has 8 heteroatoms. The number of hydrogen-bond donors (Lipinski definition) is 1. The molecule has 2 aromatic rings. The largest absolute Gasteiger partial charge is 0.497 e. The molecule has 0 aliphatic carbocycles. The third kappa shape index (κ3) is 2.70. The first kappa shape index (κ1) is 20.2. The molecule has 3 fully saturated rings. The first-order valence-electron chi connectivity index (χ1n) is 11.1. The van der Waals surface area contributed by atoms with Crippen molar-refractivity contribution in [1.29, 1.82) is 0 Å². The average Bonchev–Trinajstić information content (AvgIpc) is 3.58. The summed E-state index contributed by atoms with van der Waals surface area (Å²) in [4.78, 5) is 42.0. The molecule has 2 bridgehead atoms. The molecule has 8 nitrogen and oxygen atoms in total. The van der Waals surface area contributed by atoms with Crippen LogP contribution in [0.25, 0.3) is 0 Å². The molecular weight excluding hydrogens is 424 g/mol. The molecule has 1 aromatic heterocycles. The average molecular weight is 448 g/mol. The number of piperidine rings is 1. The zero-order chi connectivity index (χ0) is 22.9. The van der Waals surface area contributed by atoms with Gasteiger partial charge in [0.25, 0.3) is 0 Å². The van der Waals surface area contributed by atoms with Crippen LogP contribution in [0.2, 0.25) is 0 Å². The Morgan fingerprint density at radius 1 is 1.24 bits per heavy atom. The van der Waals surface area contributed by atoms with Crippen molar-refractivity contribution >= 4 is 23.3 Å². The minimum atomic E-state index is -1.00. The van der Waals surface area contributed by atoms with E-state index in [0.717, 1.165) is 0 Å². The van der Waals surface area contributed by atoms with Gasteiger partial charge in [-0.15, -0.1) is 0 Å². The van der Waals surface area contributed by atoms with Gasteiger partial charge < -0.3 is 24.1 Å². The smallest absolute Gasteiger partial charge is 0.231 e. The Hall–Kier alpha value is -3.39. The first-order chi connectivity index (χ1) is 15.9. The molecule has 1 spiro atoms. The van der Waals surface area contributed by atoms with Crippen molar-refractivity contribution in [3.63, 3.8) is 0 Å². The third-order valence-corrected chi connectivity index (χ3v) is 7.59. The predicted octanol–water partition coefficient (Wildman–Crippen LogP) is 2.73. The highest BCUT2D eigenvalue weighted by molar-refractivity contribution is 6.00. The molecule has 1 aromatic carbocycles. The maximum absolute atomic E-state index is 13.9. The highest BCUT2D eigenvalue weighted by atomic mass is 16.5. The lowest BCUT2D eigenvalue weighted by Gasteiger charge is -2.43. The lowest BCUT2D eigenvalue weighted by atomic mass is 9.70. The van der Waals surface area contributed by atoms with Crippen molar-refractivity contribution in [2.45, 2.75) is 37.1 Å². The Bertz CT molecular complexity index is 1170. The monoisotopic (exact) mass is 448 g/mol. The molecule has 7 atom stereocenters. The van der Waals surface area contributed by atoms with Crippen molar-refractivity contribution in [3.05, 3.63) is 60.6 Å². The van der Waals surface area contributed by atoms with E-state index in [1.807, 2.05) is 19.1 Å². The van der Waals surface area contributed by atoms with Crippen molar-refractivity contribution in [2.24, 2.45) is 17.8 Å². The molecule has 170 valence electrons. The normalized spacial score (nSPS) is 36.1. The Labute approximate surface area is 190 Å². The molecule has 4 aliphatic rings. The van der Waals surface area contributed by atoms with Crippen LogP contribution in [0.3, 0.4) is 0 Å². The van der Waals surface area contributed by atoms with Crippen molar-refractivity contribution < 1.29 is 28.3 Å². The summed E-state index contributed by atoms with van der Waals surface area (Å²) >= 11 is 0. The fourth-order valence-corrected chi connectivity index (χ4v) is 6.19. The van der Waals surface area contributed by atoms with Crippen LogP contribution >= 0.6 is 0 Å². The van der Waals surface area contributed by atoms with Crippen LogP contribution in [-0.4, -0.2) is 47.4 Å². The van der Waals surface area contributed by atoms with Gasteiger partial charge in [-0.1, -0.05) is 25.1 Å². The number of anilines is 1. The van der Waals surface area contributed by atoms with Gasteiger partial charge in [0.2, 0.25) is 11.8 Å². The summed E-state index contributed by atoms with van der Waals surface area (Å²) in [7, 11) is 1.56. The van der Waals surface area contributed by atoms with Crippen molar-refractivity contribution in [1.82, 2.24) is 4.90 Å². The third-order valence-electron chi connectivity index (χ3n) is 7.59. The van der Waals surface area contributed by atoms with Crippen molar-refractivity contribution in [2.75, 3.05) is 12.4 Å². The van der Waals surface area contributed by atoms with Gasteiger partial charge in [-0.05, 0) is 24.3 Å². The molecule has 5 heterocycles. The van der Waals surface area contributed by atoms with E-state index >= 15 is 0 Å². The van der Waals surface area contributed by atoms with E-state index in [4.69, 9.17) is 13.9 Å². The molecule has 1 N–H and O–H groups in total. The van der Waals surface area contributed by atoms with Crippen LogP contribution in [0.1, 0.15) is 25.1 Å². The molecule has 2 amide bonds. The van der Waals surface area contributed by atoms with E-state index in [1.54, 1.807) is 54.7 Å². The van der Waals surface area contributed by atoms with Gasteiger partial charge in [0, 0.05) is 24.1 Å². The number of methoxy groups -OCH3 is 1. The maximum atomic E-state index is 13.9. The summed E-state index contributed by atoms with van der Waals surface area (Å²) < 4.78 is 17.2. The Kier molecular flexibility index (Phi) is 4.32. The number of Topliss-reactive ketones (excluding diaryl/α,β-unsaturated/α-hetero) is 1. The summed E-state index contributed by atoms with van der Waals surface area (Å²) in [5.74, 6) is -1.01. The number of hydrogen-bond acceptors (Lipinski definition) is 6. The quantitative estimate of drug-likeness (QED) is 0.723. The number of carbonyl (C=O) groups excluding carboxylic acids is 3. The summed E-state index contributed by atoms with van der Waals surface area (Å²) in [5.41, 5.74) is -0.418. The van der Waals surface area contributed by atoms with Gasteiger partial charge >= 0.3 is 0 Å². The summed E-state index contributed by atoms with van der Waals surface area (Å²) in [6.07, 6.45) is 4.97. The van der Waals surface area contributed by atoms with Crippen LogP contribution < -0.4 is 10.1 Å². The summed E-state index contributed by atoms with van der Waals surface area (Å²) in [5, 5.41) is 2.92. The molecule has 6 rings (SSSR count). The second-order valence-corrected chi connectivity index (χ2v) is 9.20. The fourth-order valence-electron chi connectivity index (χ4n) is 6.19. The molecule has 33 heavy (non-hydrogen) atoms. The van der Waals surface area contributed by atoms with Gasteiger partial charge in [-0.25, -0.2) is 0 Å². The molecule has 0 radical (unpaired) electrons. The summed E-state index contributed by atoms with van der Waals surface area (Å²) in [6, 6.07) is 9.62. The Morgan fingerprint density at radius 3 is 2.85 bits per heavy atom. The number of ketones is 1. The topological polar surface area (TPSA) is 98.1 Å². The van der Waals surface area contributed by atoms with E-state index in [-0.39, 0.29) is 24.0 Å². The predicted molar refractivity (Wildman–Crippen MR) is 116 cm³/mol. The second-order valence-electron chi connectivity index (χ2n) is 9.20. The maximum Gasteiger partial charge on any atom is 0.231 e. The number of nitrogens with zero attached hydrogens (tertiary/aromatic N) is 1. The number of benzene rings is 1. The highest BCUT2D eigenvalue weighted by Gasteiger charge is 2.74. The molecule has 3 saturated heterocycles. The number of fused-ring (bicyclic) bond motifs is 2. The van der Waals surface area contributed by atoms with E-state index in [2.05, 4.69) is 5.32 Å². The minimum absolute atomic E-state index is 0.0604. The number of rotatable bonds is 4. The molecular formula is C25H24N2O6. The number of amides is 2. The molecule has 0 saturated carbocycles. The summed E-state index contributed by atoms with van der Waals surface area (Å²) in [6.45, 7) is 1.84. The zero-order valence-electron chi connectivity index (χ0n) is 18.3. The number of ether oxygens (including phenoxy) is 2. The minimum Gasteiger partial charge on any atom is -0.497 e. The van der Waals surface area contributed by atoms with Crippen LogP contribution in [-0.2, 0) is 19.1 Å². The van der Waals surface area contributed by atoms with Gasteiger partial charge in [-0.3, -0.25) is 14.4 Å². The number of carbonyl (C=O) groups is 3. The zero-order valence-corrected chi connectivity index (χ0v) is 18.3. The number of furan rings is 1. The standard InChI is InChI=1S/C25H24N2O6/c1-13-17(28)12-16(18-7-4-10-32-18)27-22(13)25-9-8-19(33-25)20(21(25)24(27)30)23(29)26-14-5-3-6-15(11-14)31-2/h3-11,13,16,19-22H,12H2,1-2H3,(H,26,29)/t13?,16?,19?,20?,21-,22?,25-/m0/s1. The lowest BCUT2D eigenvalue weighted by Crippen LogP contribution is -2.55. The van der Waals surface area contributed by atoms with E-state index in [9.17, 15) is 14.4 Å². The van der Waals surface area contributed by atoms with E-state index in [1.165, 1.54) is 0 Å². The van der Waals surface area contributed by atoms with Crippen LogP contribution in [0.15, 0.2) is 59.2 Å². The fraction of sp³-hybridized carbons (Fsp3) is 0.400. The van der Waals surface area contributed by atoms with Crippen molar-refractivity contribution in [3.8, 4) is 5.75 Å². The van der Waals surface area contributed by atoms with E-state index in [0.29, 0.717) is 17.2 Å². The number of nitrogens with one attached hydrogen (secondary N) is 1. The lowest BCUT2D eigenvalue weighted by molar-refractivity contribution is -0.147. The van der Waals surface area contributed by atoms with Crippen LogP contribution in [0, 0.1) is 17.8 Å². The SMILES string of the molecule is COc1cccc(NC(=O)C2C3C=C[C@@]4(O3)C3C(C)C(=O)CC(c5ccco5)N3C(=O)[C@H]24)c1. The Morgan fingerprint density at radius 2 is 2.09 bits per heavy atom. The van der Waals surface area contributed by atoms with Gasteiger partial charge in [0.15, 0.2) is 0 Å². The first-order valence-corrected chi connectivity index (χ1v) is 11.1. The van der Waals surface area contributed by atoms with Crippen LogP contribution in [0.4, 0.5) is 5.69 Å². The van der Waals surface area contributed by atoms with E-state index < -0.39 is 41.5 Å². The van der Waals surface area contributed by atoms with Gasteiger partial charge in [0.05, 0.1) is 43.4 Å². The van der Waals surface area contributed by atoms with Crippen LogP contribution in [0.5, 0.6) is 5.75 Å². The van der Waals surface area contributed by atoms with Gasteiger partial charge in [-0.2, -0.15) is 0 Å². The Balaban J connectivity index is 1.37. The van der Waals surface area contributed by atoms with Gasteiger partial charge in [0.1, 0.15) is 22.9 Å². The molecule has 4 aliphatic heterocycles.